The summed E-state index contributed by atoms with van der Waals surface area (Å²) >= 11 is 1.85. The van der Waals surface area contributed by atoms with Gasteiger partial charge in [-0.05, 0) is 42.2 Å². The van der Waals surface area contributed by atoms with Gasteiger partial charge in [-0.15, -0.1) is 0 Å². The number of amides is 1. The summed E-state index contributed by atoms with van der Waals surface area (Å²) in [5.74, 6) is 2.11. The molecule has 132 valence electrons. The summed E-state index contributed by atoms with van der Waals surface area (Å²) in [4.78, 5) is 27.8. The maximum Gasteiger partial charge on any atom is 0.268 e. The van der Waals surface area contributed by atoms with Crippen molar-refractivity contribution in [2.24, 2.45) is 0 Å². The van der Waals surface area contributed by atoms with E-state index in [-0.39, 0.29) is 11.5 Å². The van der Waals surface area contributed by atoms with Gasteiger partial charge >= 0.3 is 0 Å². The van der Waals surface area contributed by atoms with Gasteiger partial charge in [0.1, 0.15) is 5.56 Å². The Kier molecular flexibility index (Phi) is 5.33. The Hall–Kier alpha value is -2.01. The van der Waals surface area contributed by atoms with Crippen LogP contribution in [-0.2, 0) is 0 Å². The van der Waals surface area contributed by atoms with Crippen molar-refractivity contribution in [2.45, 2.75) is 26.7 Å². The highest BCUT2D eigenvalue weighted by molar-refractivity contribution is 7.99. The number of aromatic nitrogens is 1. The molecule has 0 radical (unpaired) electrons. The summed E-state index contributed by atoms with van der Waals surface area (Å²) in [7, 11) is 0. The monoisotopic (exact) mass is 356 g/mol. The van der Waals surface area contributed by atoms with E-state index in [1.807, 2.05) is 43.0 Å². The molecule has 1 aliphatic rings. The summed E-state index contributed by atoms with van der Waals surface area (Å²) < 4.78 is 1.59. The number of nitrogens with zero attached hydrogens (tertiary/aromatic N) is 2. The minimum absolute atomic E-state index is 0.142. The third-order valence-corrected chi connectivity index (χ3v) is 5.57. The number of hydrogen-bond acceptors (Lipinski definition) is 3. The second kappa shape index (κ2) is 7.48. The lowest BCUT2D eigenvalue weighted by molar-refractivity contribution is 0.0769. The second-order valence-corrected chi connectivity index (χ2v) is 7.93. The van der Waals surface area contributed by atoms with Crippen molar-refractivity contribution in [1.82, 2.24) is 9.47 Å². The van der Waals surface area contributed by atoms with E-state index in [1.54, 1.807) is 15.7 Å². The zero-order valence-electron chi connectivity index (χ0n) is 15.0. The Balaban J connectivity index is 2.04. The maximum atomic E-state index is 13.1. The SMILES string of the molecule is Cc1ccn(-c2cccc(C(C)C)c2)c(=O)c1C(=O)N1CCSCC1. The molecule has 4 nitrogen and oxygen atoms in total. The first-order valence-corrected chi connectivity index (χ1v) is 9.84. The molecule has 3 rings (SSSR count). The lowest BCUT2D eigenvalue weighted by Crippen LogP contribution is -2.41. The van der Waals surface area contributed by atoms with Crippen LogP contribution in [0.4, 0.5) is 0 Å². The fourth-order valence-electron chi connectivity index (χ4n) is 3.05. The number of rotatable bonds is 3. The van der Waals surface area contributed by atoms with E-state index in [4.69, 9.17) is 0 Å². The van der Waals surface area contributed by atoms with Crippen LogP contribution in [0.1, 0.15) is 41.3 Å². The third-order valence-electron chi connectivity index (χ3n) is 4.63. The van der Waals surface area contributed by atoms with Gasteiger partial charge in [0.2, 0.25) is 0 Å². The van der Waals surface area contributed by atoms with Crippen molar-refractivity contribution in [2.75, 3.05) is 24.6 Å². The first-order valence-electron chi connectivity index (χ1n) is 8.68. The van der Waals surface area contributed by atoms with E-state index in [9.17, 15) is 9.59 Å². The lowest BCUT2D eigenvalue weighted by atomic mass is 10.0. The summed E-state index contributed by atoms with van der Waals surface area (Å²) in [5, 5.41) is 0. The van der Waals surface area contributed by atoms with Crippen LogP contribution in [0.5, 0.6) is 0 Å². The highest BCUT2D eigenvalue weighted by atomic mass is 32.2. The molecule has 0 aliphatic carbocycles. The van der Waals surface area contributed by atoms with Gasteiger partial charge in [-0.3, -0.25) is 14.2 Å². The summed E-state index contributed by atoms with van der Waals surface area (Å²) in [6.07, 6.45) is 1.76. The molecule has 2 heterocycles. The number of carbonyl (C=O) groups excluding carboxylic acids is 1. The standard InChI is InChI=1S/C20H24N2O2S/c1-14(2)16-5-4-6-17(13-16)22-8-7-15(3)18(20(22)24)19(23)21-9-11-25-12-10-21/h4-8,13-14H,9-12H2,1-3H3. The molecule has 0 spiro atoms. The minimum atomic E-state index is -0.232. The zero-order chi connectivity index (χ0) is 18.0. The quantitative estimate of drug-likeness (QED) is 0.846. The Morgan fingerprint density at radius 3 is 2.56 bits per heavy atom. The van der Waals surface area contributed by atoms with E-state index in [2.05, 4.69) is 19.9 Å². The number of benzene rings is 1. The van der Waals surface area contributed by atoms with Crippen molar-refractivity contribution in [1.29, 1.82) is 0 Å². The molecule has 1 aromatic carbocycles. The molecule has 1 saturated heterocycles. The average molecular weight is 356 g/mol. The van der Waals surface area contributed by atoms with Gasteiger partial charge in [0.25, 0.3) is 11.5 Å². The number of hydrogen-bond donors (Lipinski definition) is 0. The molecule has 5 heteroatoms. The molecule has 0 saturated carbocycles. The van der Waals surface area contributed by atoms with Crippen molar-refractivity contribution < 1.29 is 4.79 Å². The first-order chi connectivity index (χ1) is 12.0. The second-order valence-electron chi connectivity index (χ2n) is 6.70. The fraction of sp³-hybridized carbons (Fsp3) is 0.400. The highest BCUT2D eigenvalue weighted by Crippen LogP contribution is 2.18. The molecule has 0 atom stereocenters. The molecule has 0 unspecified atom stereocenters. The molecule has 0 bridgehead atoms. The molecule has 2 aromatic rings. The largest absolute Gasteiger partial charge is 0.337 e. The summed E-state index contributed by atoms with van der Waals surface area (Å²) in [5.41, 5.74) is 2.78. The molecule has 1 aromatic heterocycles. The van der Waals surface area contributed by atoms with Crippen LogP contribution in [0.15, 0.2) is 41.3 Å². The van der Waals surface area contributed by atoms with Crippen LogP contribution < -0.4 is 5.56 Å². The molecule has 25 heavy (non-hydrogen) atoms. The van der Waals surface area contributed by atoms with Crippen LogP contribution in [-0.4, -0.2) is 40.0 Å². The van der Waals surface area contributed by atoms with Crippen molar-refractivity contribution in [3.05, 3.63) is 63.6 Å². The molecule has 0 N–H and O–H groups in total. The Morgan fingerprint density at radius 2 is 1.88 bits per heavy atom. The van der Waals surface area contributed by atoms with Gasteiger partial charge < -0.3 is 4.90 Å². The van der Waals surface area contributed by atoms with Crippen LogP contribution in [0.2, 0.25) is 0 Å². The van der Waals surface area contributed by atoms with E-state index in [0.29, 0.717) is 24.6 Å². The van der Waals surface area contributed by atoms with Crippen LogP contribution in [0.25, 0.3) is 5.69 Å². The highest BCUT2D eigenvalue weighted by Gasteiger charge is 2.23. The normalized spacial score (nSPS) is 14.8. The van der Waals surface area contributed by atoms with Gasteiger partial charge in [-0.25, -0.2) is 0 Å². The van der Waals surface area contributed by atoms with Crippen LogP contribution in [0.3, 0.4) is 0 Å². The van der Waals surface area contributed by atoms with E-state index in [1.165, 1.54) is 5.56 Å². The van der Waals surface area contributed by atoms with E-state index >= 15 is 0 Å². The van der Waals surface area contributed by atoms with Gasteiger partial charge in [0, 0.05) is 36.5 Å². The number of aryl methyl sites for hydroxylation is 1. The van der Waals surface area contributed by atoms with Crippen LogP contribution >= 0.6 is 11.8 Å². The van der Waals surface area contributed by atoms with E-state index < -0.39 is 0 Å². The number of carbonyl (C=O) groups is 1. The number of pyridine rings is 1. The summed E-state index contributed by atoms with van der Waals surface area (Å²) in [6, 6.07) is 9.81. The third kappa shape index (κ3) is 3.66. The minimum Gasteiger partial charge on any atom is -0.337 e. The molecule has 1 amide bonds. The fourth-order valence-corrected chi connectivity index (χ4v) is 3.95. The van der Waals surface area contributed by atoms with Gasteiger partial charge in [0.05, 0.1) is 0 Å². The van der Waals surface area contributed by atoms with Gasteiger partial charge in [-0.2, -0.15) is 11.8 Å². The zero-order valence-corrected chi connectivity index (χ0v) is 15.8. The van der Waals surface area contributed by atoms with Crippen LogP contribution in [0, 0.1) is 6.92 Å². The molecule has 1 aliphatic heterocycles. The predicted molar refractivity (Wildman–Crippen MR) is 104 cm³/mol. The first kappa shape index (κ1) is 17.8. The van der Waals surface area contributed by atoms with Crippen molar-refractivity contribution >= 4 is 17.7 Å². The Morgan fingerprint density at radius 1 is 1.16 bits per heavy atom. The Labute approximate surface area is 152 Å². The lowest BCUT2D eigenvalue weighted by Gasteiger charge is -2.27. The Bertz CT molecular complexity index is 836. The van der Waals surface area contributed by atoms with Crippen molar-refractivity contribution in [3.63, 3.8) is 0 Å². The van der Waals surface area contributed by atoms with E-state index in [0.717, 1.165) is 22.8 Å². The predicted octanol–water partition coefficient (Wildman–Crippen LogP) is 3.46. The molecule has 1 fully saturated rings. The average Bonchev–Trinajstić information content (AvgIpc) is 2.62. The summed E-state index contributed by atoms with van der Waals surface area (Å²) in [6.45, 7) is 7.50. The topological polar surface area (TPSA) is 42.3 Å². The van der Waals surface area contributed by atoms with Crippen molar-refractivity contribution in [3.8, 4) is 5.69 Å². The smallest absolute Gasteiger partial charge is 0.268 e. The maximum absolute atomic E-state index is 13.1. The molecular weight excluding hydrogens is 332 g/mol. The van der Waals surface area contributed by atoms with Gasteiger partial charge in [0.15, 0.2) is 0 Å². The molecular formula is C20H24N2O2S. The number of thioether (sulfide) groups is 1. The van der Waals surface area contributed by atoms with Gasteiger partial charge in [-0.1, -0.05) is 26.0 Å².